The van der Waals surface area contributed by atoms with E-state index in [1.165, 1.54) is 0 Å². The van der Waals surface area contributed by atoms with Gasteiger partial charge in [-0.2, -0.15) is 0 Å². The second kappa shape index (κ2) is 5.89. The van der Waals surface area contributed by atoms with Crippen molar-refractivity contribution in [3.05, 3.63) is 29.3 Å². The lowest BCUT2D eigenvalue weighted by atomic mass is 10.0. The molecule has 0 radical (unpaired) electrons. The highest BCUT2D eigenvalue weighted by molar-refractivity contribution is 6.33. The van der Waals surface area contributed by atoms with E-state index in [9.17, 15) is 9.90 Å². The van der Waals surface area contributed by atoms with Crippen LogP contribution >= 0.6 is 11.6 Å². The Hall–Kier alpha value is -1.26. The van der Waals surface area contributed by atoms with Crippen molar-refractivity contribution in [3.63, 3.8) is 0 Å². The Morgan fingerprint density at radius 1 is 1.47 bits per heavy atom. The molecule has 4 nitrogen and oxygen atoms in total. The molecule has 0 spiro atoms. The summed E-state index contributed by atoms with van der Waals surface area (Å²) in [6.07, 6.45) is 0.569. The van der Waals surface area contributed by atoms with Crippen molar-refractivity contribution in [1.82, 2.24) is 5.32 Å². The van der Waals surface area contributed by atoms with Gasteiger partial charge in [0.1, 0.15) is 0 Å². The summed E-state index contributed by atoms with van der Waals surface area (Å²) >= 11 is 5.89. The average Bonchev–Trinajstić information content (AvgIpc) is 2.30. The summed E-state index contributed by atoms with van der Waals surface area (Å²) in [6, 6.07) is 6.59. The van der Waals surface area contributed by atoms with Crippen molar-refractivity contribution >= 4 is 23.3 Å². The monoisotopic (exact) mass is 256 g/mol. The van der Waals surface area contributed by atoms with Crippen molar-refractivity contribution < 1.29 is 9.90 Å². The van der Waals surface area contributed by atoms with Crippen LogP contribution in [0.1, 0.15) is 20.3 Å². The quantitative estimate of drug-likeness (QED) is 0.776. The van der Waals surface area contributed by atoms with E-state index in [1.54, 1.807) is 31.2 Å². The van der Waals surface area contributed by atoms with E-state index >= 15 is 0 Å². The van der Waals surface area contributed by atoms with Crippen LogP contribution in [0.2, 0.25) is 5.02 Å². The van der Waals surface area contributed by atoms with Gasteiger partial charge in [-0.1, -0.05) is 30.7 Å². The number of carbonyl (C=O) groups is 1. The second-order valence-corrected chi connectivity index (χ2v) is 4.55. The lowest BCUT2D eigenvalue weighted by molar-refractivity contribution is 0.0587. The Bertz CT molecular complexity index is 394. The molecule has 3 N–H and O–H groups in total. The second-order valence-electron chi connectivity index (χ2n) is 4.14. The van der Waals surface area contributed by atoms with E-state index < -0.39 is 5.60 Å². The smallest absolute Gasteiger partial charge is 0.319 e. The SMILES string of the molecule is CC[C@@](C)(O)CNC(=O)Nc1ccccc1Cl. The number of rotatable bonds is 4. The van der Waals surface area contributed by atoms with Crippen LogP contribution < -0.4 is 10.6 Å². The van der Waals surface area contributed by atoms with Gasteiger partial charge in [0.05, 0.1) is 16.3 Å². The first-order valence-corrected chi connectivity index (χ1v) is 5.84. The molecule has 0 heterocycles. The van der Waals surface area contributed by atoms with Gasteiger partial charge in [0.25, 0.3) is 0 Å². The minimum absolute atomic E-state index is 0.194. The van der Waals surface area contributed by atoms with E-state index in [4.69, 9.17) is 11.6 Å². The highest BCUT2D eigenvalue weighted by Gasteiger charge is 2.18. The molecule has 5 heteroatoms. The summed E-state index contributed by atoms with van der Waals surface area (Å²) < 4.78 is 0. The summed E-state index contributed by atoms with van der Waals surface area (Å²) in [5.41, 5.74) is -0.347. The third-order valence-electron chi connectivity index (χ3n) is 2.51. The maximum absolute atomic E-state index is 11.5. The molecule has 1 rings (SSSR count). The molecule has 1 aromatic rings. The molecule has 94 valence electrons. The lowest BCUT2D eigenvalue weighted by Gasteiger charge is -2.21. The molecule has 1 atom stereocenters. The molecule has 0 bridgehead atoms. The van der Waals surface area contributed by atoms with Crippen LogP contribution in [0.25, 0.3) is 0 Å². The molecule has 17 heavy (non-hydrogen) atoms. The van der Waals surface area contributed by atoms with Crippen LogP contribution in [-0.2, 0) is 0 Å². The first-order chi connectivity index (χ1) is 7.94. The maximum Gasteiger partial charge on any atom is 0.319 e. The van der Waals surface area contributed by atoms with Gasteiger partial charge in [-0.25, -0.2) is 4.79 Å². The molecule has 0 aliphatic carbocycles. The Morgan fingerprint density at radius 2 is 2.12 bits per heavy atom. The summed E-state index contributed by atoms with van der Waals surface area (Å²) in [4.78, 5) is 11.5. The molecule has 0 unspecified atom stereocenters. The normalized spacial score (nSPS) is 13.9. The van der Waals surface area contributed by atoms with E-state index in [0.29, 0.717) is 17.1 Å². The minimum atomic E-state index is -0.891. The Balaban J connectivity index is 2.48. The summed E-state index contributed by atoms with van der Waals surface area (Å²) in [7, 11) is 0. The predicted molar refractivity (Wildman–Crippen MR) is 69.4 cm³/mol. The largest absolute Gasteiger partial charge is 0.388 e. The lowest BCUT2D eigenvalue weighted by Crippen LogP contribution is -2.41. The van der Waals surface area contributed by atoms with Crippen molar-refractivity contribution in [3.8, 4) is 0 Å². The Labute approximate surface area is 106 Å². The van der Waals surface area contributed by atoms with E-state index in [0.717, 1.165) is 0 Å². The Kier molecular flexibility index (Phi) is 4.78. The van der Waals surface area contributed by atoms with Crippen LogP contribution in [0.5, 0.6) is 0 Å². The van der Waals surface area contributed by atoms with Crippen molar-refractivity contribution in [1.29, 1.82) is 0 Å². The van der Waals surface area contributed by atoms with Gasteiger partial charge in [0.2, 0.25) is 0 Å². The number of hydrogen-bond donors (Lipinski definition) is 3. The van der Waals surface area contributed by atoms with E-state index in [-0.39, 0.29) is 12.6 Å². The molecule has 0 saturated carbocycles. The molecule has 0 fully saturated rings. The first-order valence-electron chi connectivity index (χ1n) is 5.46. The summed E-state index contributed by atoms with van der Waals surface area (Å²) in [5, 5.41) is 15.4. The van der Waals surface area contributed by atoms with Gasteiger partial charge in [-0.05, 0) is 25.5 Å². The number of amides is 2. The van der Waals surface area contributed by atoms with Crippen LogP contribution in [0, 0.1) is 0 Å². The highest BCUT2D eigenvalue weighted by Crippen LogP contribution is 2.20. The third-order valence-corrected chi connectivity index (χ3v) is 2.84. The molecule has 0 saturated heterocycles. The molecular weight excluding hydrogens is 240 g/mol. The zero-order valence-corrected chi connectivity index (χ0v) is 10.7. The fraction of sp³-hybridized carbons (Fsp3) is 0.417. The topological polar surface area (TPSA) is 61.4 Å². The zero-order chi connectivity index (χ0) is 12.9. The number of hydrogen-bond acceptors (Lipinski definition) is 2. The number of anilines is 1. The van der Waals surface area contributed by atoms with E-state index in [1.807, 2.05) is 6.92 Å². The van der Waals surface area contributed by atoms with Crippen molar-refractivity contribution in [2.45, 2.75) is 25.9 Å². The van der Waals surface area contributed by atoms with Gasteiger partial charge >= 0.3 is 6.03 Å². The molecule has 2 amide bonds. The molecular formula is C12H17ClN2O2. The minimum Gasteiger partial charge on any atom is -0.388 e. The molecule has 0 aliphatic heterocycles. The van der Waals surface area contributed by atoms with Crippen LogP contribution in [0.15, 0.2) is 24.3 Å². The zero-order valence-electron chi connectivity index (χ0n) is 9.96. The number of benzene rings is 1. The van der Waals surface area contributed by atoms with Crippen LogP contribution in [0.4, 0.5) is 10.5 Å². The van der Waals surface area contributed by atoms with Crippen molar-refractivity contribution in [2.75, 3.05) is 11.9 Å². The van der Waals surface area contributed by atoms with Gasteiger partial charge in [-0.3, -0.25) is 0 Å². The van der Waals surface area contributed by atoms with Crippen molar-refractivity contribution in [2.24, 2.45) is 0 Å². The van der Waals surface area contributed by atoms with Crippen LogP contribution in [0.3, 0.4) is 0 Å². The molecule has 0 aliphatic rings. The van der Waals surface area contributed by atoms with Crippen LogP contribution in [-0.4, -0.2) is 23.3 Å². The summed E-state index contributed by atoms with van der Waals surface area (Å²) in [5.74, 6) is 0. The fourth-order valence-electron chi connectivity index (χ4n) is 1.12. The van der Waals surface area contributed by atoms with Gasteiger partial charge in [0.15, 0.2) is 0 Å². The van der Waals surface area contributed by atoms with Gasteiger partial charge < -0.3 is 15.7 Å². The maximum atomic E-state index is 11.5. The number of urea groups is 1. The number of para-hydroxylation sites is 1. The highest BCUT2D eigenvalue weighted by atomic mass is 35.5. The first kappa shape index (κ1) is 13.8. The molecule has 0 aromatic heterocycles. The standard InChI is InChI=1S/C12H17ClN2O2/c1-3-12(2,17)8-14-11(16)15-10-7-5-4-6-9(10)13/h4-7,17H,3,8H2,1-2H3,(H2,14,15,16)/t12-/m1/s1. The van der Waals surface area contributed by atoms with E-state index in [2.05, 4.69) is 10.6 Å². The van der Waals surface area contributed by atoms with Gasteiger partial charge in [0, 0.05) is 6.54 Å². The third kappa shape index (κ3) is 4.63. The number of nitrogens with one attached hydrogen (secondary N) is 2. The Morgan fingerprint density at radius 3 is 2.71 bits per heavy atom. The summed E-state index contributed by atoms with van der Waals surface area (Å²) in [6.45, 7) is 3.72. The molecule has 1 aromatic carbocycles. The fourth-order valence-corrected chi connectivity index (χ4v) is 1.31. The number of aliphatic hydroxyl groups is 1. The van der Waals surface area contributed by atoms with Gasteiger partial charge in [-0.15, -0.1) is 0 Å². The predicted octanol–water partition coefficient (Wildman–Crippen LogP) is 2.62. The number of halogens is 1. The number of carbonyl (C=O) groups excluding carboxylic acids is 1. The average molecular weight is 257 g/mol.